The van der Waals surface area contributed by atoms with E-state index in [0.29, 0.717) is 5.39 Å². The molecule has 1 atom stereocenters. The Bertz CT molecular complexity index is 1240. The van der Waals surface area contributed by atoms with Crippen LogP contribution in [0.1, 0.15) is 24.4 Å². The molecular formula is C25H26N4O. The molecule has 1 N–H and O–H groups in total. The minimum atomic E-state index is -0.0583. The summed E-state index contributed by atoms with van der Waals surface area (Å²) in [5.41, 5.74) is 2.09. The Morgan fingerprint density at radius 2 is 1.60 bits per heavy atom. The Balaban J connectivity index is 1.28. The lowest BCUT2D eigenvalue weighted by atomic mass is 10.0. The van der Waals surface area contributed by atoms with Gasteiger partial charge >= 0.3 is 0 Å². The first-order valence-electron chi connectivity index (χ1n) is 10.6. The van der Waals surface area contributed by atoms with Crippen molar-refractivity contribution in [1.82, 2.24) is 19.8 Å². The van der Waals surface area contributed by atoms with Gasteiger partial charge in [-0.25, -0.2) is 4.98 Å². The van der Waals surface area contributed by atoms with E-state index in [1.807, 2.05) is 24.3 Å². The Hall–Kier alpha value is -3.02. The van der Waals surface area contributed by atoms with E-state index in [1.54, 1.807) is 0 Å². The molecule has 152 valence electrons. The normalized spacial score (nSPS) is 16.8. The van der Waals surface area contributed by atoms with Crippen LogP contribution in [0.2, 0.25) is 0 Å². The van der Waals surface area contributed by atoms with Crippen LogP contribution < -0.4 is 5.56 Å². The molecule has 1 aliphatic rings. The summed E-state index contributed by atoms with van der Waals surface area (Å²) >= 11 is 0. The summed E-state index contributed by atoms with van der Waals surface area (Å²) in [4.78, 5) is 25.1. The molecule has 5 nitrogen and oxygen atoms in total. The van der Waals surface area contributed by atoms with Gasteiger partial charge in [0, 0.05) is 32.7 Å². The Kier molecular flexibility index (Phi) is 5.07. The van der Waals surface area contributed by atoms with E-state index < -0.39 is 0 Å². The second-order valence-corrected chi connectivity index (χ2v) is 8.09. The van der Waals surface area contributed by atoms with E-state index >= 15 is 0 Å². The first kappa shape index (κ1) is 19.0. The summed E-state index contributed by atoms with van der Waals surface area (Å²) < 4.78 is 0. The monoisotopic (exact) mass is 398 g/mol. The van der Waals surface area contributed by atoms with Gasteiger partial charge in [-0.1, -0.05) is 54.6 Å². The third-order valence-corrected chi connectivity index (χ3v) is 6.26. The van der Waals surface area contributed by atoms with Crippen LogP contribution >= 0.6 is 0 Å². The third-order valence-electron chi connectivity index (χ3n) is 6.26. The Morgan fingerprint density at radius 1 is 0.900 bits per heavy atom. The Labute approximate surface area is 176 Å². The van der Waals surface area contributed by atoms with Gasteiger partial charge in [-0.15, -0.1) is 0 Å². The standard InChI is InChI=1S/C25H26N4O/c1-18(24-26-23-12-5-4-11-22(23)25(30)27-24)29-15-13-28(14-16-29)17-20-9-6-8-19-7-2-3-10-21(19)20/h2-12,18H,13-17H2,1H3,(H,26,27,30)/t18-/m1/s1. The van der Waals surface area contributed by atoms with Crippen LogP contribution in [0.15, 0.2) is 71.5 Å². The minimum absolute atomic E-state index is 0.0583. The fraction of sp³-hybridized carbons (Fsp3) is 0.280. The zero-order valence-electron chi connectivity index (χ0n) is 17.2. The van der Waals surface area contributed by atoms with Gasteiger partial charge in [0.2, 0.25) is 0 Å². The largest absolute Gasteiger partial charge is 0.309 e. The summed E-state index contributed by atoms with van der Waals surface area (Å²) in [6.07, 6.45) is 0. The number of hydrogen-bond donors (Lipinski definition) is 1. The van der Waals surface area contributed by atoms with Crippen LogP contribution in [0.3, 0.4) is 0 Å². The first-order chi connectivity index (χ1) is 14.7. The van der Waals surface area contributed by atoms with Crippen LogP contribution in [0.4, 0.5) is 0 Å². The first-order valence-corrected chi connectivity index (χ1v) is 10.6. The highest BCUT2D eigenvalue weighted by Crippen LogP contribution is 2.23. The third kappa shape index (κ3) is 3.62. The lowest BCUT2D eigenvalue weighted by Gasteiger charge is -2.37. The van der Waals surface area contributed by atoms with Crippen molar-refractivity contribution < 1.29 is 0 Å². The SMILES string of the molecule is C[C@H](c1nc2ccccc2c(=O)[nH]1)N1CCN(Cc2cccc3ccccc23)CC1. The van der Waals surface area contributed by atoms with Crippen molar-refractivity contribution in [2.24, 2.45) is 0 Å². The maximum Gasteiger partial charge on any atom is 0.258 e. The molecule has 0 radical (unpaired) electrons. The van der Waals surface area contributed by atoms with Gasteiger partial charge in [0.05, 0.1) is 16.9 Å². The van der Waals surface area contributed by atoms with Crippen molar-refractivity contribution in [3.63, 3.8) is 0 Å². The minimum Gasteiger partial charge on any atom is -0.309 e. The molecule has 5 heteroatoms. The van der Waals surface area contributed by atoms with E-state index in [1.165, 1.54) is 16.3 Å². The molecule has 1 aliphatic heterocycles. The van der Waals surface area contributed by atoms with Crippen molar-refractivity contribution >= 4 is 21.7 Å². The Morgan fingerprint density at radius 3 is 2.43 bits per heavy atom. The summed E-state index contributed by atoms with van der Waals surface area (Å²) in [6, 6.07) is 22.8. The fourth-order valence-corrected chi connectivity index (χ4v) is 4.46. The number of para-hydroxylation sites is 1. The topological polar surface area (TPSA) is 52.2 Å². The summed E-state index contributed by atoms with van der Waals surface area (Å²) in [5.74, 6) is 0.751. The lowest BCUT2D eigenvalue weighted by molar-refractivity contribution is 0.0951. The second-order valence-electron chi connectivity index (χ2n) is 8.09. The van der Waals surface area contributed by atoms with Crippen molar-refractivity contribution in [2.75, 3.05) is 26.2 Å². The molecule has 0 aliphatic carbocycles. The highest BCUT2D eigenvalue weighted by molar-refractivity contribution is 5.85. The molecule has 0 amide bonds. The summed E-state index contributed by atoms with van der Waals surface area (Å²) in [5, 5.41) is 3.29. The molecular weight excluding hydrogens is 372 g/mol. The highest BCUT2D eigenvalue weighted by Gasteiger charge is 2.24. The molecule has 2 heterocycles. The maximum absolute atomic E-state index is 12.4. The molecule has 0 unspecified atom stereocenters. The molecule has 3 aromatic carbocycles. The van der Waals surface area contributed by atoms with Crippen LogP contribution in [0.5, 0.6) is 0 Å². The number of benzene rings is 3. The molecule has 30 heavy (non-hydrogen) atoms. The molecule has 5 rings (SSSR count). The van der Waals surface area contributed by atoms with E-state index in [0.717, 1.165) is 44.1 Å². The van der Waals surface area contributed by atoms with Gasteiger partial charge < -0.3 is 4.98 Å². The molecule has 1 aromatic heterocycles. The van der Waals surface area contributed by atoms with Gasteiger partial charge in [0.1, 0.15) is 5.82 Å². The number of piperazine rings is 1. The average Bonchev–Trinajstić information content (AvgIpc) is 2.79. The lowest BCUT2D eigenvalue weighted by Crippen LogP contribution is -2.47. The van der Waals surface area contributed by atoms with E-state index in [-0.39, 0.29) is 11.6 Å². The predicted octanol–water partition coefficient (Wildman–Crippen LogP) is 3.96. The van der Waals surface area contributed by atoms with Crippen molar-refractivity contribution in [1.29, 1.82) is 0 Å². The average molecular weight is 399 g/mol. The van der Waals surface area contributed by atoms with Crippen LogP contribution in [0, 0.1) is 0 Å². The predicted molar refractivity (Wildman–Crippen MR) is 122 cm³/mol. The number of nitrogens with one attached hydrogen (secondary N) is 1. The molecule has 4 aromatic rings. The van der Waals surface area contributed by atoms with Gasteiger partial charge in [-0.3, -0.25) is 14.6 Å². The molecule has 0 spiro atoms. The number of hydrogen-bond acceptors (Lipinski definition) is 4. The smallest absolute Gasteiger partial charge is 0.258 e. The van der Waals surface area contributed by atoms with Crippen LogP contribution in [-0.4, -0.2) is 45.9 Å². The van der Waals surface area contributed by atoms with Crippen molar-refractivity contribution in [3.8, 4) is 0 Å². The van der Waals surface area contributed by atoms with Gasteiger partial charge in [-0.2, -0.15) is 0 Å². The maximum atomic E-state index is 12.4. The van der Waals surface area contributed by atoms with Crippen LogP contribution in [0.25, 0.3) is 21.7 Å². The van der Waals surface area contributed by atoms with Crippen LogP contribution in [-0.2, 0) is 6.54 Å². The van der Waals surface area contributed by atoms with E-state index in [4.69, 9.17) is 4.98 Å². The summed E-state index contributed by atoms with van der Waals surface area (Å²) in [6.45, 7) is 7.03. The molecule has 0 saturated carbocycles. The van der Waals surface area contributed by atoms with Gasteiger partial charge in [0.15, 0.2) is 0 Å². The quantitative estimate of drug-likeness (QED) is 0.565. The molecule has 1 fully saturated rings. The fourth-order valence-electron chi connectivity index (χ4n) is 4.46. The number of aromatic nitrogens is 2. The number of rotatable bonds is 4. The number of H-pyrrole nitrogens is 1. The second kappa shape index (κ2) is 8.01. The van der Waals surface area contributed by atoms with Gasteiger partial charge in [0.25, 0.3) is 5.56 Å². The summed E-state index contributed by atoms with van der Waals surface area (Å²) in [7, 11) is 0. The number of fused-ring (bicyclic) bond motifs is 2. The van der Waals surface area contributed by atoms with E-state index in [2.05, 4.69) is 64.2 Å². The van der Waals surface area contributed by atoms with Gasteiger partial charge in [-0.05, 0) is 35.4 Å². The van der Waals surface area contributed by atoms with E-state index in [9.17, 15) is 4.79 Å². The highest BCUT2D eigenvalue weighted by atomic mass is 16.1. The zero-order valence-corrected chi connectivity index (χ0v) is 17.2. The molecule has 1 saturated heterocycles. The number of nitrogens with zero attached hydrogens (tertiary/aromatic N) is 3. The van der Waals surface area contributed by atoms with Crippen molar-refractivity contribution in [2.45, 2.75) is 19.5 Å². The zero-order chi connectivity index (χ0) is 20.5. The van der Waals surface area contributed by atoms with Crippen molar-refractivity contribution in [3.05, 3.63) is 88.5 Å². The number of aromatic amines is 1. The molecule has 0 bridgehead atoms.